The Kier molecular flexibility index (Phi) is 4.83. The first-order valence-electron chi connectivity index (χ1n) is 8.09. The number of carbonyl (C=O) groups excluding carboxylic acids is 2. The minimum absolute atomic E-state index is 0.0364. The van der Waals surface area contributed by atoms with Gasteiger partial charge >= 0.3 is 5.69 Å². The normalized spacial score (nSPS) is 10.7. The molecule has 8 nitrogen and oxygen atoms in total. The summed E-state index contributed by atoms with van der Waals surface area (Å²) in [7, 11) is 1.71. The van der Waals surface area contributed by atoms with Gasteiger partial charge in [-0.1, -0.05) is 18.2 Å². The fourth-order valence-corrected chi connectivity index (χ4v) is 2.54. The standard InChI is InChI=1S/C18H19N5O3/c1-13(24)21(2)11-14-6-5-7-15(10-14)19-17(25)12-23-18(26)22-9-4-3-8-16(22)20-23/h3-10H,11-12H2,1-2H3,(H,19,25). The Labute approximate surface area is 149 Å². The van der Waals surface area contributed by atoms with Crippen LogP contribution in [0.3, 0.4) is 0 Å². The molecule has 0 unspecified atom stereocenters. The molecular weight excluding hydrogens is 334 g/mol. The number of hydrogen-bond acceptors (Lipinski definition) is 4. The van der Waals surface area contributed by atoms with E-state index in [1.807, 2.05) is 6.07 Å². The molecule has 0 saturated carbocycles. The Morgan fingerprint density at radius 3 is 2.73 bits per heavy atom. The smallest absolute Gasteiger partial charge is 0.342 e. The van der Waals surface area contributed by atoms with Crippen LogP contribution in [-0.2, 0) is 22.7 Å². The van der Waals surface area contributed by atoms with Crippen LogP contribution in [0.5, 0.6) is 0 Å². The number of carbonyl (C=O) groups is 2. The van der Waals surface area contributed by atoms with Crippen LogP contribution >= 0.6 is 0 Å². The maximum atomic E-state index is 12.3. The number of aromatic nitrogens is 3. The van der Waals surface area contributed by atoms with Gasteiger partial charge in [-0.15, -0.1) is 5.10 Å². The second-order valence-electron chi connectivity index (χ2n) is 5.99. The third-order valence-corrected chi connectivity index (χ3v) is 3.95. The van der Waals surface area contributed by atoms with Crippen LogP contribution < -0.4 is 11.0 Å². The molecule has 0 spiro atoms. The van der Waals surface area contributed by atoms with E-state index in [1.165, 1.54) is 11.3 Å². The molecule has 2 aromatic heterocycles. The fraction of sp³-hybridized carbons (Fsp3) is 0.222. The van der Waals surface area contributed by atoms with Crippen LogP contribution in [0.2, 0.25) is 0 Å². The van der Waals surface area contributed by atoms with Crippen molar-refractivity contribution in [2.24, 2.45) is 0 Å². The van der Waals surface area contributed by atoms with Crippen LogP contribution in [0.4, 0.5) is 5.69 Å². The molecule has 0 aliphatic carbocycles. The van der Waals surface area contributed by atoms with E-state index < -0.39 is 0 Å². The number of anilines is 1. The molecule has 0 atom stereocenters. The van der Waals surface area contributed by atoms with Crippen LogP contribution in [0, 0.1) is 0 Å². The average molecular weight is 353 g/mol. The lowest BCUT2D eigenvalue weighted by molar-refractivity contribution is -0.128. The Balaban J connectivity index is 1.70. The van der Waals surface area contributed by atoms with Gasteiger partial charge in [0.25, 0.3) is 0 Å². The minimum atomic E-state index is -0.368. The highest BCUT2D eigenvalue weighted by molar-refractivity contribution is 5.90. The number of benzene rings is 1. The first kappa shape index (κ1) is 17.4. The van der Waals surface area contributed by atoms with E-state index in [1.54, 1.807) is 54.5 Å². The van der Waals surface area contributed by atoms with E-state index in [0.717, 1.165) is 10.2 Å². The zero-order valence-corrected chi connectivity index (χ0v) is 14.5. The summed E-state index contributed by atoms with van der Waals surface area (Å²) in [4.78, 5) is 37.4. The zero-order valence-electron chi connectivity index (χ0n) is 14.5. The summed E-state index contributed by atoms with van der Waals surface area (Å²) in [5.74, 6) is -0.391. The van der Waals surface area contributed by atoms with Crippen molar-refractivity contribution in [1.82, 2.24) is 19.1 Å². The van der Waals surface area contributed by atoms with Gasteiger partial charge < -0.3 is 10.2 Å². The lowest BCUT2D eigenvalue weighted by atomic mass is 10.2. The third-order valence-electron chi connectivity index (χ3n) is 3.95. The second kappa shape index (κ2) is 7.22. The third kappa shape index (κ3) is 3.80. The number of pyridine rings is 1. The molecule has 8 heteroatoms. The molecule has 3 rings (SSSR count). The second-order valence-corrected chi connectivity index (χ2v) is 5.99. The van der Waals surface area contributed by atoms with E-state index in [2.05, 4.69) is 10.4 Å². The Morgan fingerprint density at radius 2 is 2.00 bits per heavy atom. The molecule has 1 N–H and O–H groups in total. The maximum Gasteiger partial charge on any atom is 0.350 e. The molecule has 0 bridgehead atoms. The highest BCUT2D eigenvalue weighted by atomic mass is 16.2. The molecule has 0 saturated heterocycles. The van der Waals surface area contributed by atoms with E-state index in [0.29, 0.717) is 17.9 Å². The summed E-state index contributed by atoms with van der Waals surface area (Å²) in [6.07, 6.45) is 1.61. The Morgan fingerprint density at radius 1 is 1.19 bits per heavy atom. The highest BCUT2D eigenvalue weighted by Gasteiger charge is 2.11. The van der Waals surface area contributed by atoms with Crippen molar-refractivity contribution in [2.45, 2.75) is 20.0 Å². The van der Waals surface area contributed by atoms with Crippen molar-refractivity contribution in [3.05, 3.63) is 64.7 Å². The summed E-state index contributed by atoms with van der Waals surface area (Å²) >= 11 is 0. The Hall–Kier alpha value is -3.42. The van der Waals surface area contributed by atoms with E-state index in [9.17, 15) is 14.4 Å². The Bertz CT molecular complexity index is 1020. The molecule has 0 aliphatic rings. The molecule has 2 amide bonds. The number of fused-ring (bicyclic) bond motifs is 1. The summed E-state index contributed by atoms with van der Waals surface area (Å²) in [6.45, 7) is 1.77. The van der Waals surface area contributed by atoms with Gasteiger partial charge in [0.1, 0.15) is 6.54 Å². The first-order valence-corrected chi connectivity index (χ1v) is 8.09. The van der Waals surface area contributed by atoms with Crippen molar-refractivity contribution in [1.29, 1.82) is 0 Å². The minimum Gasteiger partial charge on any atom is -0.342 e. The molecule has 0 radical (unpaired) electrons. The van der Waals surface area contributed by atoms with Gasteiger partial charge in [0.2, 0.25) is 11.8 Å². The largest absolute Gasteiger partial charge is 0.350 e. The lowest BCUT2D eigenvalue weighted by Gasteiger charge is -2.15. The van der Waals surface area contributed by atoms with Gasteiger partial charge in [0.05, 0.1) is 0 Å². The molecule has 134 valence electrons. The molecule has 1 aromatic carbocycles. The molecule has 2 heterocycles. The van der Waals surface area contributed by atoms with Gasteiger partial charge in [-0.05, 0) is 29.8 Å². The quantitative estimate of drug-likeness (QED) is 0.744. The SMILES string of the molecule is CC(=O)N(C)Cc1cccc(NC(=O)Cn2nc3ccccn3c2=O)c1. The van der Waals surface area contributed by atoms with Crippen molar-refractivity contribution in [2.75, 3.05) is 12.4 Å². The van der Waals surface area contributed by atoms with Crippen molar-refractivity contribution in [3.8, 4) is 0 Å². The van der Waals surface area contributed by atoms with Crippen LogP contribution in [0.25, 0.3) is 5.65 Å². The predicted molar refractivity (Wildman–Crippen MR) is 96.7 cm³/mol. The lowest BCUT2D eigenvalue weighted by Crippen LogP contribution is -2.28. The van der Waals surface area contributed by atoms with Crippen LogP contribution in [0.15, 0.2) is 53.5 Å². The summed E-state index contributed by atoms with van der Waals surface area (Å²) < 4.78 is 2.50. The molecule has 3 aromatic rings. The fourth-order valence-electron chi connectivity index (χ4n) is 2.54. The van der Waals surface area contributed by atoms with E-state index in [-0.39, 0.29) is 24.0 Å². The zero-order chi connectivity index (χ0) is 18.7. The first-order chi connectivity index (χ1) is 12.4. The molecule has 26 heavy (non-hydrogen) atoms. The van der Waals surface area contributed by atoms with Crippen LogP contribution in [-0.4, -0.2) is 37.9 Å². The number of amides is 2. The van der Waals surface area contributed by atoms with Gasteiger partial charge in [0, 0.05) is 32.4 Å². The van der Waals surface area contributed by atoms with E-state index >= 15 is 0 Å². The van der Waals surface area contributed by atoms with Crippen molar-refractivity contribution < 1.29 is 9.59 Å². The van der Waals surface area contributed by atoms with Gasteiger partial charge in [-0.2, -0.15) is 0 Å². The van der Waals surface area contributed by atoms with E-state index in [4.69, 9.17) is 0 Å². The molecule has 0 fully saturated rings. The van der Waals surface area contributed by atoms with Crippen LogP contribution in [0.1, 0.15) is 12.5 Å². The highest BCUT2D eigenvalue weighted by Crippen LogP contribution is 2.12. The molecular formula is C18H19N5O3. The number of nitrogens with one attached hydrogen (secondary N) is 1. The van der Waals surface area contributed by atoms with Gasteiger partial charge in [-0.25, -0.2) is 9.48 Å². The molecule has 0 aliphatic heterocycles. The number of nitrogens with zero attached hydrogens (tertiary/aromatic N) is 4. The monoisotopic (exact) mass is 353 g/mol. The van der Waals surface area contributed by atoms with Crippen molar-refractivity contribution >= 4 is 23.1 Å². The summed E-state index contributed by atoms with van der Waals surface area (Å²) in [5, 5.41) is 6.89. The number of hydrogen-bond donors (Lipinski definition) is 1. The van der Waals surface area contributed by atoms with Gasteiger partial charge in [0.15, 0.2) is 5.65 Å². The number of rotatable bonds is 5. The predicted octanol–water partition coefficient (Wildman–Crippen LogP) is 1.11. The summed E-state index contributed by atoms with van der Waals surface area (Å²) in [5.41, 5.74) is 1.61. The maximum absolute atomic E-state index is 12.3. The van der Waals surface area contributed by atoms with Gasteiger partial charge in [-0.3, -0.25) is 14.0 Å². The average Bonchev–Trinajstić information content (AvgIpc) is 2.91. The topological polar surface area (TPSA) is 88.7 Å². The summed E-state index contributed by atoms with van der Waals surface area (Å²) in [6, 6.07) is 12.4. The van der Waals surface area contributed by atoms with Crippen molar-refractivity contribution in [3.63, 3.8) is 0 Å².